The highest BCUT2D eigenvalue weighted by molar-refractivity contribution is 5.92. The van der Waals surface area contributed by atoms with E-state index in [4.69, 9.17) is 14.2 Å². The average molecular weight is 497 g/mol. The van der Waals surface area contributed by atoms with Crippen LogP contribution >= 0.6 is 0 Å². The summed E-state index contributed by atoms with van der Waals surface area (Å²) in [5.41, 5.74) is 3.36. The predicted molar refractivity (Wildman–Crippen MR) is 132 cm³/mol. The summed E-state index contributed by atoms with van der Waals surface area (Å²) in [6.07, 6.45) is 1.96. The highest BCUT2D eigenvalue weighted by Gasteiger charge is 2.26. The SMILES string of the molecule is COCCOCCOC(=O)[C@H](CO)C[C@@H](Cc1ccc(-c2ccccc2)cc1)NC(=O)c1cnn[nH]1. The molecule has 0 unspecified atom stereocenters. The maximum Gasteiger partial charge on any atom is 0.311 e. The lowest BCUT2D eigenvalue weighted by Crippen LogP contribution is -2.40. The van der Waals surface area contributed by atoms with Gasteiger partial charge in [-0.25, -0.2) is 0 Å². The lowest BCUT2D eigenvalue weighted by Gasteiger charge is -2.23. The van der Waals surface area contributed by atoms with Crippen LogP contribution in [-0.4, -0.2) is 78.6 Å². The second kappa shape index (κ2) is 14.7. The van der Waals surface area contributed by atoms with Crippen LogP contribution in [0.5, 0.6) is 0 Å². The second-order valence-corrected chi connectivity index (χ2v) is 8.20. The molecule has 2 atom stereocenters. The van der Waals surface area contributed by atoms with Crippen molar-refractivity contribution in [3.8, 4) is 11.1 Å². The number of benzene rings is 2. The average Bonchev–Trinajstić information content (AvgIpc) is 3.45. The van der Waals surface area contributed by atoms with Crippen LogP contribution in [-0.2, 0) is 25.4 Å². The van der Waals surface area contributed by atoms with Gasteiger partial charge in [-0.15, -0.1) is 5.10 Å². The quantitative estimate of drug-likeness (QED) is 0.215. The largest absolute Gasteiger partial charge is 0.463 e. The zero-order valence-electron chi connectivity index (χ0n) is 20.3. The molecule has 1 heterocycles. The molecule has 0 saturated heterocycles. The number of H-pyrrole nitrogens is 1. The van der Waals surface area contributed by atoms with Crippen LogP contribution in [0.3, 0.4) is 0 Å². The number of rotatable bonds is 15. The third kappa shape index (κ3) is 8.56. The molecule has 0 aliphatic rings. The molecule has 1 amide bonds. The third-order valence-corrected chi connectivity index (χ3v) is 5.56. The number of hydrogen-bond acceptors (Lipinski definition) is 8. The highest BCUT2D eigenvalue weighted by atomic mass is 16.6. The summed E-state index contributed by atoms with van der Waals surface area (Å²) in [6, 6.07) is 17.6. The Labute approximate surface area is 210 Å². The van der Waals surface area contributed by atoms with E-state index in [2.05, 4.69) is 20.7 Å². The Morgan fingerprint density at radius 2 is 1.72 bits per heavy atom. The Hall–Kier alpha value is -3.60. The van der Waals surface area contributed by atoms with Crippen LogP contribution in [0.1, 0.15) is 22.5 Å². The fraction of sp³-hybridized carbons (Fsp3) is 0.385. The summed E-state index contributed by atoms with van der Waals surface area (Å²) in [4.78, 5) is 25.2. The van der Waals surface area contributed by atoms with Gasteiger partial charge in [-0.1, -0.05) is 59.8 Å². The van der Waals surface area contributed by atoms with Gasteiger partial charge in [-0.05, 0) is 29.5 Å². The maximum atomic E-state index is 12.7. The van der Waals surface area contributed by atoms with Crippen molar-refractivity contribution in [1.29, 1.82) is 0 Å². The molecule has 0 bridgehead atoms. The Morgan fingerprint density at radius 1 is 1.00 bits per heavy atom. The van der Waals surface area contributed by atoms with E-state index in [1.165, 1.54) is 6.20 Å². The number of aromatic amines is 1. The maximum absolute atomic E-state index is 12.7. The number of aliphatic hydroxyl groups is 1. The van der Waals surface area contributed by atoms with Crippen LogP contribution in [0.4, 0.5) is 0 Å². The summed E-state index contributed by atoms with van der Waals surface area (Å²) in [6.45, 7) is 0.739. The van der Waals surface area contributed by atoms with Crippen LogP contribution in [0.15, 0.2) is 60.8 Å². The highest BCUT2D eigenvalue weighted by Crippen LogP contribution is 2.21. The number of amides is 1. The third-order valence-electron chi connectivity index (χ3n) is 5.56. The van der Waals surface area contributed by atoms with E-state index < -0.39 is 30.4 Å². The molecule has 2 aromatic carbocycles. The first-order valence-corrected chi connectivity index (χ1v) is 11.8. The van der Waals surface area contributed by atoms with Gasteiger partial charge in [0, 0.05) is 13.2 Å². The van der Waals surface area contributed by atoms with Crippen molar-refractivity contribution in [2.24, 2.45) is 5.92 Å². The van der Waals surface area contributed by atoms with E-state index in [-0.39, 0.29) is 25.3 Å². The van der Waals surface area contributed by atoms with Crippen molar-refractivity contribution in [2.75, 3.05) is 40.1 Å². The van der Waals surface area contributed by atoms with Crippen molar-refractivity contribution < 1.29 is 28.9 Å². The number of ether oxygens (including phenoxy) is 3. The molecule has 0 saturated carbocycles. The minimum absolute atomic E-state index is 0.0663. The lowest BCUT2D eigenvalue weighted by atomic mass is 9.94. The molecule has 36 heavy (non-hydrogen) atoms. The van der Waals surface area contributed by atoms with Gasteiger partial charge in [0.05, 0.1) is 38.5 Å². The van der Waals surface area contributed by atoms with E-state index in [1.807, 2.05) is 54.6 Å². The molecule has 0 fully saturated rings. The number of esters is 1. The van der Waals surface area contributed by atoms with Gasteiger partial charge in [0.25, 0.3) is 5.91 Å². The summed E-state index contributed by atoms with van der Waals surface area (Å²) in [7, 11) is 1.57. The molecule has 10 nitrogen and oxygen atoms in total. The molecule has 0 radical (unpaired) electrons. The molecule has 3 aromatic rings. The first-order valence-electron chi connectivity index (χ1n) is 11.8. The molecular formula is C26H32N4O6. The smallest absolute Gasteiger partial charge is 0.311 e. The zero-order chi connectivity index (χ0) is 25.6. The molecule has 0 spiro atoms. The van der Waals surface area contributed by atoms with Gasteiger partial charge < -0.3 is 24.6 Å². The number of aromatic nitrogens is 3. The van der Waals surface area contributed by atoms with Crippen molar-refractivity contribution in [1.82, 2.24) is 20.7 Å². The number of methoxy groups -OCH3 is 1. The van der Waals surface area contributed by atoms with E-state index in [1.54, 1.807) is 7.11 Å². The van der Waals surface area contributed by atoms with Crippen molar-refractivity contribution in [2.45, 2.75) is 18.9 Å². The lowest BCUT2D eigenvalue weighted by molar-refractivity contribution is -0.152. The Balaban J connectivity index is 1.64. The van der Waals surface area contributed by atoms with Gasteiger partial charge >= 0.3 is 5.97 Å². The van der Waals surface area contributed by atoms with E-state index in [0.717, 1.165) is 16.7 Å². The number of nitrogens with zero attached hydrogens (tertiary/aromatic N) is 2. The molecule has 1 aromatic heterocycles. The summed E-state index contributed by atoms with van der Waals surface area (Å²) >= 11 is 0. The van der Waals surface area contributed by atoms with Crippen molar-refractivity contribution in [3.05, 3.63) is 72.1 Å². The monoisotopic (exact) mass is 496 g/mol. The number of carbonyl (C=O) groups excluding carboxylic acids is 2. The van der Waals surface area contributed by atoms with Crippen LogP contribution in [0, 0.1) is 5.92 Å². The molecule has 10 heteroatoms. The van der Waals surface area contributed by atoms with Crippen molar-refractivity contribution >= 4 is 11.9 Å². The van der Waals surface area contributed by atoms with Gasteiger partial charge in [0.2, 0.25) is 0 Å². The Bertz CT molecular complexity index is 1040. The fourth-order valence-corrected chi connectivity index (χ4v) is 3.66. The standard InChI is InChI=1S/C26H32N4O6/c1-34-11-12-35-13-14-36-26(33)22(18-31)16-23(28-25(32)24-17-27-30-29-24)15-19-7-9-21(10-8-19)20-5-3-2-4-6-20/h2-10,17,22-23,31H,11-16,18H2,1H3,(H,28,32)(H,27,29,30)/t22-,23+/m0/s1. The fourth-order valence-electron chi connectivity index (χ4n) is 3.66. The predicted octanol–water partition coefficient (Wildman–Crippen LogP) is 2.02. The zero-order valence-corrected chi connectivity index (χ0v) is 20.3. The molecule has 3 N–H and O–H groups in total. The van der Waals surface area contributed by atoms with Gasteiger partial charge in [0.15, 0.2) is 0 Å². The summed E-state index contributed by atoms with van der Waals surface area (Å²) in [5, 5.41) is 22.5. The molecule has 0 aliphatic carbocycles. The molecule has 0 aliphatic heterocycles. The topological polar surface area (TPSA) is 136 Å². The molecule has 3 rings (SSSR count). The number of nitrogens with one attached hydrogen (secondary N) is 2. The first-order chi connectivity index (χ1) is 17.6. The minimum Gasteiger partial charge on any atom is -0.463 e. The van der Waals surface area contributed by atoms with E-state index in [0.29, 0.717) is 19.6 Å². The minimum atomic E-state index is -0.808. The number of aliphatic hydroxyl groups excluding tert-OH is 1. The van der Waals surface area contributed by atoms with Crippen LogP contribution in [0.2, 0.25) is 0 Å². The van der Waals surface area contributed by atoms with Crippen LogP contribution in [0.25, 0.3) is 11.1 Å². The summed E-state index contributed by atoms with van der Waals surface area (Å²) in [5.74, 6) is -1.75. The molecular weight excluding hydrogens is 464 g/mol. The van der Waals surface area contributed by atoms with Gasteiger partial charge in [-0.2, -0.15) is 0 Å². The normalized spacial score (nSPS) is 12.6. The van der Waals surface area contributed by atoms with E-state index >= 15 is 0 Å². The van der Waals surface area contributed by atoms with E-state index in [9.17, 15) is 14.7 Å². The molecule has 192 valence electrons. The first kappa shape index (κ1) is 27.0. The van der Waals surface area contributed by atoms with Crippen molar-refractivity contribution in [3.63, 3.8) is 0 Å². The van der Waals surface area contributed by atoms with Gasteiger partial charge in [0.1, 0.15) is 12.3 Å². The Kier molecular flexibility index (Phi) is 11.0. The van der Waals surface area contributed by atoms with Gasteiger partial charge in [-0.3, -0.25) is 14.7 Å². The Morgan fingerprint density at radius 3 is 2.39 bits per heavy atom. The number of hydrogen-bond donors (Lipinski definition) is 3. The number of carbonyl (C=O) groups is 2. The van der Waals surface area contributed by atoms with Crippen LogP contribution < -0.4 is 5.32 Å². The summed E-state index contributed by atoms with van der Waals surface area (Å²) < 4.78 is 15.5. The second-order valence-electron chi connectivity index (χ2n) is 8.20.